The van der Waals surface area contributed by atoms with E-state index in [4.69, 9.17) is 15.2 Å². The first-order valence-electron chi connectivity index (χ1n) is 6.66. The number of nitrogens with one attached hydrogen (secondary N) is 1. The number of carbonyl (C=O) groups is 1. The van der Waals surface area contributed by atoms with Crippen LogP contribution in [0, 0.1) is 0 Å². The molecule has 0 bridgehead atoms. The fourth-order valence-electron chi connectivity index (χ4n) is 2.58. The second-order valence-corrected chi connectivity index (χ2v) is 5.96. The van der Waals surface area contributed by atoms with Gasteiger partial charge < -0.3 is 20.5 Å². The van der Waals surface area contributed by atoms with Crippen LogP contribution >= 0.6 is 11.3 Å². The lowest BCUT2D eigenvalue weighted by Crippen LogP contribution is -2.54. The minimum absolute atomic E-state index is 0.00363. The molecule has 7 nitrogen and oxygen atoms in total. The molecular weight excluding hydrogens is 280 g/mol. The predicted octanol–water partition coefficient (Wildman–Crippen LogP) is -0.445. The Balaban J connectivity index is 1.62. The summed E-state index contributed by atoms with van der Waals surface area (Å²) in [7, 11) is 0. The zero-order valence-electron chi connectivity index (χ0n) is 11.1. The summed E-state index contributed by atoms with van der Waals surface area (Å²) in [4.78, 5) is 18.9. The molecule has 2 atom stereocenters. The van der Waals surface area contributed by atoms with Gasteiger partial charge in [-0.1, -0.05) is 11.3 Å². The summed E-state index contributed by atoms with van der Waals surface area (Å²) in [5.41, 5.74) is 5.55. The van der Waals surface area contributed by atoms with Gasteiger partial charge in [-0.25, -0.2) is 4.98 Å². The van der Waals surface area contributed by atoms with Crippen molar-refractivity contribution >= 4 is 22.4 Å². The maximum Gasteiger partial charge on any atom is 0.263 e. The van der Waals surface area contributed by atoms with Crippen molar-refractivity contribution in [1.82, 2.24) is 15.2 Å². The van der Waals surface area contributed by atoms with Crippen LogP contribution in [0.25, 0.3) is 0 Å². The highest BCUT2D eigenvalue weighted by Crippen LogP contribution is 2.18. The van der Waals surface area contributed by atoms with Gasteiger partial charge in [0.05, 0.1) is 44.7 Å². The number of thiazole rings is 1. The molecule has 2 fully saturated rings. The number of nitrogen functional groups attached to an aromatic ring is 1. The molecule has 3 N–H and O–H groups in total. The molecule has 2 aliphatic rings. The lowest BCUT2D eigenvalue weighted by Gasteiger charge is -2.34. The third kappa shape index (κ3) is 2.93. The molecule has 1 aromatic rings. The van der Waals surface area contributed by atoms with E-state index in [0.29, 0.717) is 23.2 Å². The van der Waals surface area contributed by atoms with E-state index in [0.717, 1.165) is 26.3 Å². The molecule has 3 rings (SSSR count). The quantitative estimate of drug-likeness (QED) is 0.786. The third-order valence-electron chi connectivity index (χ3n) is 3.63. The number of carbonyl (C=O) groups excluding carboxylic acids is 1. The number of amides is 1. The zero-order chi connectivity index (χ0) is 13.9. The summed E-state index contributed by atoms with van der Waals surface area (Å²) in [5, 5.41) is 3.43. The normalized spacial score (nSPS) is 27.6. The van der Waals surface area contributed by atoms with Crippen LogP contribution < -0.4 is 11.1 Å². The van der Waals surface area contributed by atoms with Gasteiger partial charge in [-0.3, -0.25) is 9.69 Å². The number of aromatic nitrogens is 1. The van der Waals surface area contributed by atoms with Gasteiger partial charge in [0.2, 0.25) is 0 Å². The van der Waals surface area contributed by atoms with Crippen molar-refractivity contribution in [2.75, 3.05) is 45.3 Å². The second-order valence-electron chi connectivity index (χ2n) is 4.90. The average molecular weight is 298 g/mol. The number of nitrogens with zero attached hydrogens (tertiary/aromatic N) is 2. The van der Waals surface area contributed by atoms with Crippen molar-refractivity contribution < 1.29 is 14.3 Å². The number of hydrogen-bond acceptors (Lipinski definition) is 7. The van der Waals surface area contributed by atoms with Crippen LogP contribution in [-0.2, 0) is 9.47 Å². The van der Waals surface area contributed by atoms with Crippen LogP contribution in [0.5, 0.6) is 0 Å². The predicted molar refractivity (Wildman–Crippen MR) is 74.8 cm³/mol. The number of ether oxygens (including phenoxy) is 2. The molecule has 0 aromatic carbocycles. The van der Waals surface area contributed by atoms with Crippen molar-refractivity contribution in [3.63, 3.8) is 0 Å². The summed E-state index contributed by atoms with van der Waals surface area (Å²) >= 11 is 1.20. The molecule has 0 unspecified atom stereocenters. The number of nitrogens with two attached hydrogens (primary N) is 1. The largest absolute Gasteiger partial charge is 0.379 e. The Hall–Kier alpha value is -1.22. The lowest BCUT2D eigenvalue weighted by atomic mass is 10.1. The molecule has 0 radical (unpaired) electrons. The van der Waals surface area contributed by atoms with Gasteiger partial charge in [0.25, 0.3) is 5.91 Å². The molecule has 2 saturated heterocycles. The monoisotopic (exact) mass is 298 g/mol. The van der Waals surface area contributed by atoms with E-state index >= 15 is 0 Å². The molecule has 20 heavy (non-hydrogen) atoms. The number of morpholine rings is 1. The Kier molecular flexibility index (Phi) is 4.16. The van der Waals surface area contributed by atoms with Crippen LogP contribution in [0.2, 0.25) is 0 Å². The van der Waals surface area contributed by atoms with Crippen LogP contribution in [0.4, 0.5) is 5.13 Å². The standard InChI is InChI=1S/C12H18N4O3S/c13-12-14-5-10(20-12)11(17)15-8-6-19-7-9(8)16-1-3-18-4-2-16/h5,8-9H,1-4,6-7H2,(H2,13,14)(H,15,17)/t8-,9-/m0/s1. The summed E-state index contributed by atoms with van der Waals surface area (Å²) in [6.07, 6.45) is 1.51. The molecule has 0 saturated carbocycles. The first-order chi connectivity index (χ1) is 9.74. The molecule has 0 aliphatic carbocycles. The molecule has 8 heteroatoms. The smallest absolute Gasteiger partial charge is 0.263 e. The Morgan fingerprint density at radius 1 is 1.40 bits per heavy atom. The Morgan fingerprint density at radius 3 is 2.90 bits per heavy atom. The van der Waals surface area contributed by atoms with E-state index in [1.54, 1.807) is 0 Å². The van der Waals surface area contributed by atoms with Gasteiger partial charge >= 0.3 is 0 Å². The fraction of sp³-hybridized carbons (Fsp3) is 0.667. The maximum absolute atomic E-state index is 12.1. The van der Waals surface area contributed by atoms with E-state index in [9.17, 15) is 4.79 Å². The van der Waals surface area contributed by atoms with Gasteiger partial charge in [0, 0.05) is 13.1 Å². The minimum Gasteiger partial charge on any atom is -0.379 e. The molecule has 3 heterocycles. The Bertz CT molecular complexity index is 475. The molecule has 1 aromatic heterocycles. The van der Waals surface area contributed by atoms with Crippen LogP contribution in [0.1, 0.15) is 9.67 Å². The molecule has 2 aliphatic heterocycles. The Morgan fingerprint density at radius 2 is 2.20 bits per heavy atom. The van der Waals surface area contributed by atoms with E-state index < -0.39 is 0 Å². The summed E-state index contributed by atoms with van der Waals surface area (Å²) in [6, 6.07) is 0.219. The van der Waals surface area contributed by atoms with Gasteiger partial charge in [0.1, 0.15) is 4.88 Å². The van der Waals surface area contributed by atoms with Crippen molar-refractivity contribution in [3.05, 3.63) is 11.1 Å². The van der Waals surface area contributed by atoms with E-state index in [1.165, 1.54) is 17.5 Å². The summed E-state index contributed by atoms with van der Waals surface area (Å²) < 4.78 is 10.9. The highest BCUT2D eigenvalue weighted by Gasteiger charge is 2.35. The molecule has 0 spiro atoms. The van der Waals surface area contributed by atoms with E-state index in [-0.39, 0.29) is 18.0 Å². The first-order valence-corrected chi connectivity index (χ1v) is 7.47. The van der Waals surface area contributed by atoms with Gasteiger partial charge in [-0.05, 0) is 0 Å². The van der Waals surface area contributed by atoms with Crippen molar-refractivity contribution in [1.29, 1.82) is 0 Å². The van der Waals surface area contributed by atoms with Gasteiger partial charge in [-0.15, -0.1) is 0 Å². The molecule has 1 amide bonds. The topological polar surface area (TPSA) is 89.7 Å². The van der Waals surface area contributed by atoms with Crippen molar-refractivity contribution in [3.8, 4) is 0 Å². The van der Waals surface area contributed by atoms with Gasteiger partial charge in [-0.2, -0.15) is 0 Å². The van der Waals surface area contributed by atoms with Crippen molar-refractivity contribution in [2.24, 2.45) is 0 Å². The molecule has 110 valence electrons. The second kappa shape index (κ2) is 6.04. The lowest BCUT2D eigenvalue weighted by molar-refractivity contribution is 0.0108. The highest BCUT2D eigenvalue weighted by atomic mass is 32.1. The van der Waals surface area contributed by atoms with Crippen LogP contribution in [0.3, 0.4) is 0 Å². The zero-order valence-corrected chi connectivity index (χ0v) is 11.9. The highest BCUT2D eigenvalue weighted by molar-refractivity contribution is 7.17. The van der Waals surface area contributed by atoms with Crippen molar-refractivity contribution in [2.45, 2.75) is 12.1 Å². The number of hydrogen-bond donors (Lipinski definition) is 2. The average Bonchev–Trinajstić information content (AvgIpc) is 3.09. The number of rotatable bonds is 3. The SMILES string of the molecule is Nc1ncc(C(=O)N[C@H]2COC[C@@H]2N2CCOCC2)s1. The van der Waals surface area contributed by atoms with Gasteiger partial charge in [0.15, 0.2) is 5.13 Å². The first kappa shape index (κ1) is 13.7. The fourth-order valence-corrected chi connectivity index (χ4v) is 3.17. The summed E-state index contributed by atoms with van der Waals surface area (Å²) in [5.74, 6) is -0.132. The van der Waals surface area contributed by atoms with Crippen LogP contribution in [-0.4, -0.2) is 67.4 Å². The summed E-state index contributed by atoms with van der Waals surface area (Å²) in [6.45, 7) is 4.44. The minimum atomic E-state index is -0.132. The third-order valence-corrected chi connectivity index (χ3v) is 4.45. The number of anilines is 1. The van der Waals surface area contributed by atoms with Crippen LogP contribution in [0.15, 0.2) is 6.20 Å². The Labute approximate surface area is 121 Å². The molecular formula is C12H18N4O3S. The maximum atomic E-state index is 12.1. The van der Waals surface area contributed by atoms with E-state index in [2.05, 4.69) is 15.2 Å². The van der Waals surface area contributed by atoms with E-state index in [1.807, 2.05) is 0 Å².